The smallest absolute Gasteiger partial charge is 0.252 e. The number of pyridine rings is 1. The van der Waals surface area contributed by atoms with E-state index in [-0.39, 0.29) is 17.5 Å². The van der Waals surface area contributed by atoms with Crippen LogP contribution < -0.4 is 15.6 Å². The van der Waals surface area contributed by atoms with E-state index in [1.807, 2.05) is 24.3 Å². The molecule has 0 aliphatic heterocycles. The minimum atomic E-state index is -0.213. The molecule has 0 saturated heterocycles. The molecule has 1 aromatic heterocycles. The van der Waals surface area contributed by atoms with E-state index in [1.54, 1.807) is 26.4 Å². The maximum absolute atomic E-state index is 12.5. The van der Waals surface area contributed by atoms with Gasteiger partial charge in [0.2, 0.25) is 0 Å². The zero-order valence-electron chi connectivity index (χ0n) is 13.3. The minimum absolute atomic E-state index is 0.0301. The molecule has 3 rings (SSSR count). The summed E-state index contributed by atoms with van der Waals surface area (Å²) in [6.07, 6.45) is 3.82. The normalized spacial score (nSPS) is 15.0. The Morgan fingerprint density at radius 1 is 1.26 bits per heavy atom. The average Bonchev–Trinajstić information content (AvgIpc) is 3.40. The van der Waals surface area contributed by atoms with E-state index in [1.165, 1.54) is 10.6 Å². The van der Waals surface area contributed by atoms with E-state index in [9.17, 15) is 9.59 Å². The zero-order chi connectivity index (χ0) is 16.4. The number of rotatable bonds is 5. The standard InChI is InChI=1S/C18H20N2O3/c1-20-10-9-14(11-16(20)21)18(22)19-17(12-3-4-12)13-5-7-15(23-2)8-6-13/h5-12,17H,3-4H2,1-2H3,(H,19,22). The van der Waals surface area contributed by atoms with Crippen LogP contribution in [0.1, 0.15) is 34.8 Å². The van der Waals surface area contributed by atoms with Crippen LogP contribution in [0.25, 0.3) is 0 Å². The van der Waals surface area contributed by atoms with Crippen LogP contribution in [0.5, 0.6) is 5.75 Å². The predicted octanol–water partition coefficient (Wildman–Crippen LogP) is 2.28. The van der Waals surface area contributed by atoms with E-state index in [0.29, 0.717) is 11.5 Å². The fourth-order valence-electron chi connectivity index (χ4n) is 2.63. The van der Waals surface area contributed by atoms with E-state index < -0.39 is 0 Å². The predicted molar refractivity (Wildman–Crippen MR) is 87.6 cm³/mol. The lowest BCUT2D eigenvalue weighted by Gasteiger charge is -2.19. The number of methoxy groups -OCH3 is 1. The number of benzene rings is 1. The Balaban J connectivity index is 1.80. The molecule has 0 spiro atoms. The summed E-state index contributed by atoms with van der Waals surface area (Å²) in [6, 6.07) is 10.8. The summed E-state index contributed by atoms with van der Waals surface area (Å²) >= 11 is 0. The second-order valence-electron chi connectivity index (χ2n) is 5.93. The molecule has 1 fully saturated rings. The van der Waals surface area contributed by atoms with Gasteiger partial charge in [0, 0.05) is 24.9 Å². The van der Waals surface area contributed by atoms with Gasteiger partial charge in [0.05, 0.1) is 13.2 Å². The van der Waals surface area contributed by atoms with Crippen molar-refractivity contribution in [1.29, 1.82) is 0 Å². The highest BCUT2D eigenvalue weighted by molar-refractivity contribution is 5.94. The second kappa shape index (κ2) is 6.28. The molecule has 1 atom stereocenters. The van der Waals surface area contributed by atoms with Gasteiger partial charge >= 0.3 is 0 Å². The number of aryl methyl sites for hydroxylation is 1. The van der Waals surface area contributed by atoms with Gasteiger partial charge in [-0.15, -0.1) is 0 Å². The summed E-state index contributed by atoms with van der Waals surface area (Å²) in [7, 11) is 3.29. The van der Waals surface area contributed by atoms with Crippen molar-refractivity contribution in [2.75, 3.05) is 7.11 Å². The molecule has 5 nitrogen and oxygen atoms in total. The summed E-state index contributed by atoms with van der Waals surface area (Å²) in [5.74, 6) is 1.04. The lowest BCUT2D eigenvalue weighted by molar-refractivity contribution is 0.0931. The number of nitrogens with one attached hydrogen (secondary N) is 1. The van der Waals surface area contributed by atoms with Crippen molar-refractivity contribution in [3.05, 3.63) is 64.1 Å². The Kier molecular flexibility index (Phi) is 4.19. The second-order valence-corrected chi connectivity index (χ2v) is 5.93. The number of carbonyl (C=O) groups is 1. The summed E-state index contributed by atoms with van der Waals surface area (Å²) < 4.78 is 6.62. The average molecular weight is 312 g/mol. The molecular weight excluding hydrogens is 292 g/mol. The molecule has 1 aromatic carbocycles. The zero-order valence-corrected chi connectivity index (χ0v) is 13.3. The maximum Gasteiger partial charge on any atom is 0.252 e. The first-order valence-corrected chi connectivity index (χ1v) is 7.70. The van der Waals surface area contributed by atoms with Crippen molar-refractivity contribution in [1.82, 2.24) is 9.88 Å². The van der Waals surface area contributed by atoms with Crippen LogP contribution >= 0.6 is 0 Å². The highest BCUT2D eigenvalue weighted by Crippen LogP contribution is 2.41. The summed E-state index contributed by atoms with van der Waals surface area (Å²) in [6.45, 7) is 0. The van der Waals surface area contributed by atoms with Gasteiger partial charge in [-0.25, -0.2) is 0 Å². The summed E-state index contributed by atoms with van der Waals surface area (Å²) in [5.41, 5.74) is 1.27. The third kappa shape index (κ3) is 3.44. The van der Waals surface area contributed by atoms with Gasteiger partial charge in [0.15, 0.2) is 0 Å². The molecule has 1 amide bonds. The number of carbonyl (C=O) groups excluding carboxylic acids is 1. The molecule has 1 heterocycles. The number of ether oxygens (including phenoxy) is 1. The Bertz CT molecular complexity index is 761. The van der Waals surface area contributed by atoms with E-state index in [0.717, 1.165) is 24.2 Å². The monoisotopic (exact) mass is 312 g/mol. The van der Waals surface area contributed by atoms with Gasteiger partial charge in [-0.2, -0.15) is 0 Å². The van der Waals surface area contributed by atoms with Crippen molar-refractivity contribution in [3.8, 4) is 5.75 Å². The van der Waals surface area contributed by atoms with Crippen LogP contribution in [-0.2, 0) is 7.05 Å². The highest BCUT2D eigenvalue weighted by Gasteiger charge is 2.33. The first-order valence-electron chi connectivity index (χ1n) is 7.70. The van der Waals surface area contributed by atoms with Crippen molar-refractivity contribution < 1.29 is 9.53 Å². The van der Waals surface area contributed by atoms with Gasteiger partial charge < -0.3 is 14.6 Å². The topological polar surface area (TPSA) is 60.3 Å². The van der Waals surface area contributed by atoms with Crippen molar-refractivity contribution in [2.45, 2.75) is 18.9 Å². The molecule has 2 aromatic rings. The summed E-state index contributed by atoms with van der Waals surface area (Å²) in [4.78, 5) is 24.1. The third-order valence-corrected chi connectivity index (χ3v) is 4.22. The highest BCUT2D eigenvalue weighted by atomic mass is 16.5. The van der Waals surface area contributed by atoms with Gasteiger partial charge in [-0.1, -0.05) is 12.1 Å². The molecule has 0 radical (unpaired) electrons. The number of aromatic nitrogens is 1. The lowest BCUT2D eigenvalue weighted by Crippen LogP contribution is -2.31. The maximum atomic E-state index is 12.5. The van der Waals surface area contributed by atoms with Crippen LogP contribution in [0.2, 0.25) is 0 Å². The quantitative estimate of drug-likeness (QED) is 0.921. The largest absolute Gasteiger partial charge is 0.497 e. The summed E-state index contributed by atoms with van der Waals surface area (Å²) in [5, 5.41) is 3.07. The molecule has 1 unspecified atom stereocenters. The van der Waals surface area contributed by atoms with E-state index >= 15 is 0 Å². The molecule has 23 heavy (non-hydrogen) atoms. The molecule has 1 saturated carbocycles. The van der Waals surface area contributed by atoms with Crippen LogP contribution in [0.4, 0.5) is 0 Å². The Morgan fingerprint density at radius 3 is 2.52 bits per heavy atom. The van der Waals surface area contributed by atoms with Crippen molar-refractivity contribution in [3.63, 3.8) is 0 Å². The van der Waals surface area contributed by atoms with E-state index in [4.69, 9.17) is 4.74 Å². The SMILES string of the molecule is COc1ccc(C(NC(=O)c2ccn(C)c(=O)c2)C2CC2)cc1. The van der Waals surface area contributed by atoms with E-state index in [2.05, 4.69) is 5.32 Å². The first kappa shape index (κ1) is 15.3. The molecule has 120 valence electrons. The van der Waals surface area contributed by atoms with Crippen LogP contribution in [0.15, 0.2) is 47.4 Å². The van der Waals surface area contributed by atoms with Crippen LogP contribution in [0.3, 0.4) is 0 Å². The Labute approximate surface area is 134 Å². The molecule has 5 heteroatoms. The number of hydrogen-bond donors (Lipinski definition) is 1. The van der Waals surface area contributed by atoms with Gasteiger partial charge in [0.1, 0.15) is 5.75 Å². The number of hydrogen-bond acceptors (Lipinski definition) is 3. The molecule has 1 N–H and O–H groups in total. The van der Waals surface area contributed by atoms with Crippen molar-refractivity contribution >= 4 is 5.91 Å². The molecular formula is C18H20N2O3. The number of amides is 1. The van der Waals surface area contributed by atoms with Gasteiger partial charge in [-0.3, -0.25) is 9.59 Å². The van der Waals surface area contributed by atoms with Gasteiger partial charge in [0.25, 0.3) is 11.5 Å². The third-order valence-electron chi connectivity index (χ3n) is 4.22. The first-order chi connectivity index (χ1) is 11.1. The Morgan fingerprint density at radius 2 is 1.96 bits per heavy atom. The fourth-order valence-corrected chi connectivity index (χ4v) is 2.63. The lowest BCUT2D eigenvalue weighted by atomic mass is 10.0. The molecule has 1 aliphatic carbocycles. The fraction of sp³-hybridized carbons (Fsp3) is 0.333. The van der Waals surface area contributed by atoms with Crippen LogP contribution in [-0.4, -0.2) is 17.6 Å². The Hall–Kier alpha value is -2.56. The molecule has 1 aliphatic rings. The van der Waals surface area contributed by atoms with Crippen LogP contribution in [0, 0.1) is 5.92 Å². The van der Waals surface area contributed by atoms with Gasteiger partial charge in [-0.05, 0) is 42.5 Å². The minimum Gasteiger partial charge on any atom is -0.497 e. The van der Waals surface area contributed by atoms with Crippen molar-refractivity contribution in [2.24, 2.45) is 13.0 Å². The molecule has 0 bridgehead atoms. The number of nitrogens with zero attached hydrogens (tertiary/aromatic N) is 1.